The van der Waals surface area contributed by atoms with E-state index in [1.165, 1.54) is 11.7 Å². The van der Waals surface area contributed by atoms with Crippen molar-refractivity contribution in [3.8, 4) is 0 Å². The van der Waals surface area contributed by atoms with Crippen LogP contribution in [-0.4, -0.2) is 28.4 Å². The molecule has 1 N–H and O–H groups in total. The molecule has 1 aromatic carbocycles. The Hall–Kier alpha value is -3.13. The number of carbonyl (C=O) groups excluding carboxylic acids is 4. The molecular formula is C15H7N3O4S. The van der Waals surface area contributed by atoms with Crippen molar-refractivity contribution in [2.24, 2.45) is 0 Å². The molecule has 0 saturated carbocycles. The van der Waals surface area contributed by atoms with Crippen LogP contribution in [0.15, 0.2) is 47.2 Å². The number of anilines is 2. The number of nitrogens with zero attached hydrogens (tertiary/aromatic N) is 2. The van der Waals surface area contributed by atoms with E-state index in [4.69, 9.17) is 0 Å². The van der Waals surface area contributed by atoms with Crippen LogP contribution in [0.2, 0.25) is 0 Å². The topological polar surface area (TPSA) is 96.4 Å². The molecule has 8 heteroatoms. The van der Waals surface area contributed by atoms with Crippen molar-refractivity contribution in [1.82, 2.24) is 4.98 Å². The highest BCUT2D eigenvalue weighted by atomic mass is 32.1. The molecule has 2 aromatic rings. The Morgan fingerprint density at radius 1 is 1.17 bits per heavy atom. The summed E-state index contributed by atoms with van der Waals surface area (Å²) in [5, 5.41) is 2.60. The van der Waals surface area contributed by atoms with E-state index < -0.39 is 29.0 Å². The lowest BCUT2D eigenvalue weighted by molar-refractivity contribution is -0.132. The van der Waals surface area contributed by atoms with E-state index in [2.05, 4.69) is 10.3 Å². The molecule has 0 saturated heterocycles. The molecule has 4 rings (SSSR count). The van der Waals surface area contributed by atoms with Gasteiger partial charge in [-0.15, -0.1) is 11.3 Å². The first kappa shape index (κ1) is 13.5. The van der Waals surface area contributed by atoms with Crippen LogP contribution in [0.25, 0.3) is 0 Å². The number of thiazole rings is 1. The van der Waals surface area contributed by atoms with Crippen molar-refractivity contribution >= 4 is 46.1 Å². The Morgan fingerprint density at radius 3 is 2.70 bits per heavy atom. The van der Waals surface area contributed by atoms with Crippen LogP contribution in [0.1, 0.15) is 9.67 Å². The fraction of sp³-hybridized carbons (Fsp3) is 0. The number of Topliss-reactive ketones (excluding diaryl/α,β-unsaturated/α-hetero) is 2. The van der Waals surface area contributed by atoms with Gasteiger partial charge in [0.05, 0.1) is 21.8 Å². The molecule has 0 spiro atoms. The van der Waals surface area contributed by atoms with Gasteiger partial charge in [0.25, 0.3) is 11.7 Å². The normalized spacial score (nSPS) is 16.3. The van der Waals surface area contributed by atoms with E-state index in [9.17, 15) is 19.2 Å². The van der Waals surface area contributed by atoms with Gasteiger partial charge >= 0.3 is 5.91 Å². The summed E-state index contributed by atoms with van der Waals surface area (Å²) in [4.78, 5) is 54.4. The van der Waals surface area contributed by atoms with Gasteiger partial charge in [0.2, 0.25) is 5.78 Å². The van der Waals surface area contributed by atoms with Crippen molar-refractivity contribution < 1.29 is 19.2 Å². The molecule has 0 atom stereocenters. The quantitative estimate of drug-likeness (QED) is 0.507. The second-order valence-corrected chi connectivity index (χ2v) is 5.75. The lowest BCUT2D eigenvalue weighted by Crippen LogP contribution is -2.37. The number of benzene rings is 1. The van der Waals surface area contributed by atoms with Crippen LogP contribution in [0.3, 0.4) is 0 Å². The monoisotopic (exact) mass is 325 g/mol. The number of carbonyl (C=O) groups is 4. The minimum absolute atomic E-state index is 0.196. The maximum atomic E-state index is 12.5. The van der Waals surface area contributed by atoms with Gasteiger partial charge in [-0.2, -0.15) is 0 Å². The molecule has 0 unspecified atom stereocenters. The highest BCUT2D eigenvalue weighted by Gasteiger charge is 2.48. The molecule has 2 aliphatic heterocycles. The highest BCUT2D eigenvalue weighted by Crippen LogP contribution is 2.39. The molecule has 112 valence electrons. The summed E-state index contributed by atoms with van der Waals surface area (Å²) in [6, 6.07) is 6.58. The summed E-state index contributed by atoms with van der Waals surface area (Å²) in [6.07, 6.45) is 1.30. The lowest BCUT2D eigenvalue weighted by atomic mass is 10.0. The molecule has 0 fully saturated rings. The number of hydrogen-bond donors (Lipinski definition) is 1. The van der Waals surface area contributed by atoms with Gasteiger partial charge < -0.3 is 5.32 Å². The molecule has 0 radical (unpaired) electrons. The van der Waals surface area contributed by atoms with Crippen LogP contribution in [0, 0.1) is 0 Å². The molecule has 2 amide bonds. The number of hydrogen-bond acceptors (Lipinski definition) is 6. The number of aromatic nitrogens is 1. The van der Waals surface area contributed by atoms with Gasteiger partial charge in [-0.25, -0.2) is 0 Å². The van der Waals surface area contributed by atoms with Crippen LogP contribution >= 0.6 is 11.3 Å². The minimum atomic E-state index is -0.981. The van der Waals surface area contributed by atoms with E-state index in [-0.39, 0.29) is 10.6 Å². The molecule has 23 heavy (non-hydrogen) atoms. The third-order valence-corrected chi connectivity index (χ3v) is 4.35. The molecule has 0 aliphatic carbocycles. The second-order valence-electron chi connectivity index (χ2n) is 4.86. The van der Waals surface area contributed by atoms with Crippen LogP contribution in [-0.2, 0) is 14.4 Å². The molecule has 3 heterocycles. The van der Waals surface area contributed by atoms with Crippen molar-refractivity contribution in [1.29, 1.82) is 0 Å². The molecule has 7 nitrogen and oxygen atoms in total. The summed E-state index contributed by atoms with van der Waals surface area (Å²) in [5.41, 5.74) is 1.58. The van der Waals surface area contributed by atoms with Crippen molar-refractivity contribution in [3.63, 3.8) is 0 Å². The van der Waals surface area contributed by atoms with Gasteiger partial charge in [0.1, 0.15) is 11.3 Å². The Bertz CT molecular complexity index is 930. The summed E-state index contributed by atoms with van der Waals surface area (Å²) in [7, 11) is 0. The fourth-order valence-electron chi connectivity index (χ4n) is 2.59. The summed E-state index contributed by atoms with van der Waals surface area (Å²) in [6.45, 7) is 0. The molecule has 1 aromatic heterocycles. The first-order chi connectivity index (χ1) is 11.1. The Morgan fingerprint density at radius 2 is 1.96 bits per heavy atom. The zero-order valence-electron chi connectivity index (χ0n) is 11.4. The van der Waals surface area contributed by atoms with Crippen LogP contribution in [0.4, 0.5) is 11.4 Å². The summed E-state index contributed by atoms with van der Waals surface area (Å²) in [5.74, 6) is -3.21. The average Bonchev–Trinajstić information content (AvgIpc) is 3.16. The van der Waals surface area contributed by atoms with E-state index in [1.807, 2.05) is 0 Å². The molecular weight excluding hydrogens is 318 g/mol. The Balaban J connectivity index is 1.95. The van der Waals surface area contributed by atoms with E-state index in [0.29, 0.717) is 11.4 Å². The second kappa shape index (κ2) is 4.68. The highest BCUT2D eigenvalue weighted by molar-refractivity contribution is 7.12. The van der Waals surface area contributed by atoms with Crippen LogP contribution in [0.5, 0.6) is 0 Å². The molecule has 2 aliphatic rings. The third-order valence-electron chi connectivity index (χ3n) is 3.58. The first-order valence-corrected chi connectivity index (χ1v) is 7.44. The number of ketones is 2. The maximum Gasteiger partial charge on any atom is 0.304 e. The first-order valence-electron chi connectivity index (χ1n) is 6.56. The van der Waals surface area contributed by atoms with Crippen molar-refractivity contribution in [2.75, 3.05) is 10.2 Å². The number of para-hydroxylation sites is 2. The average molecular weight is 325 g/mol. The predicted octanol–water partition coefficient (Wildman–Crippen LogP) is 1.15. The van der Waals surface area contributed by atoms with E-state index in [0.717, 1.165) is 16.2 Å². The SMILES string of the molecule is O=C1Nc2ccccc2N2C(=O)C(=O)C(C(=O)c3cncs3)=C12. The number of amides is 2. The van der Waals surface area contributed by atoms with E-state index in [1.54, 1.807) is 24.3 Å². The van der Waals surface area contributed by atoms with Gasteiger partial charge in [0.15, 0.2) is 0 Å². The molecule has 0 bridgehead atoms. The predicted molar refractivity (Wildman–Crippen MR) is 81.0 cm³/mol. The minimum Gasteiger partial charge on any atom is -0.319 e. The van der Waals surface area contributed by atoms with E-state index >= 15 is 0 Å². The zero-order chi connectivity index (χ0) is 16.1. The van der Waals surface area contributed by atoms with Gasteiger partial charge in [-0.3, -0.25) is 29.1 Å². The lowest BCUT2D eigenvalue weighted by Gasteiger charge is -2.27. The van der Waals surface area contributed by atoms with Gasteiger partial charge in [0, 0.05) is 6.20 Å². The summed E-state index contributed by atoms with van der Waals surface area (Å²) >= 11 is 1.04. The van der Waals surface area contributed by atoms with Gasteiger partial charge in [-0.05, 0) is 12.1 Å². The third kappa shape index (κ3) is 1.78. The van der Waals surface area contributed by atoms with Crippen LogP contribution < -0.4 is 10.2 Å². The fourth-order valence-corrected chi connectivity index (χ4v) is 3.16. The number of fused-ring (bicyclic) bond motifs is 3. The Labute approximate surface area is 133 Å². The standard InChI is InChI=1S/C15H7N3O4S/c19-12(9-5-16-6-23-9)10-11-14(21)17-7-3-1-2-4-8(7)18(11)15(22)13(10)20/h1-6H,(H,17,21). The number of rotatable bonds is 2. The van der Waals surface area contributed by atoms with Crippen molar-refractivity contribution in [3.05, 3.63) is 52.1 Å². The maximum absolute atomic E-state index is 12.5. The number of nitrogens with one attached hydrogen (secondary N) is 1. The zero-order valence-corrected chi connectivity index (χ0v) is 12.2. The summed E-state index contributed by atoms with van der Waals surface area (Å²) < 4.78 is 0. The van der Waals surface area contributed by atoms with Crippen molar-refractivity contribution in [2.45, 2.75) is 0 Å². The smallest absolute Gasteiger partial charge is 0.304 e. The Kier molecular flexibility index (Phi) is 2.75. The van der Waals surface area contributed by atoms with Gasteiger partial charge in [-0.1, -0.05) is 12.1 Å². The largest absolute Gasteiger partial charge is 0.319 e.